The molecule has 4 heteroatoms. The number of quaternary nitrogens is 1. The van der Waals surface area contributed by atoms with Gasteiger partial charge < -0.3 is 0 Å². The molecule has 0 fully saturated rings. The first-order valence-electron chi connectivity index (χ1n) is 3.46. The first-order chi connectivity index (χ1) is 5.36. The van der Waals surface area contributed by atoms with Gasteiger partial charge in [-0.15, -0.1) is 5.01 Å². The van der Waals surface area contributed by atoms with Crippen molar-refractivity contribution in [2.24, 2.45) is 5.10 Å². The third-order valence-corrected chi connectivity index (χ3v) is 1.53. The van der Waals surface area contributed by atoms with E-state index in [1.807, 2.05) is 19.2 Å². The number of imidazole rings is 1. The highest BCUT2D eigenvalue weighted by Crippen LogP contribution is 1.96. The zero-order valence-corrected chi connectivity index (χ0v) is 6.20. The Hall–Kier alpha value is -1.42. The summed E-state index contributed by atoms with van der Waals surface area (Å²) >= 11 is 0. The van der Waals surface area contributed by atoms with Crippen LogP contribution in [0.15, 0.2) is 23.6 Å². The maximum Gasteiger partial charge on any atom is 0.255 e. The number of nitrogens with one attached hydrogen (secondary N) is 2. The molecule has 2 N–H and O–H groups in total. The number of H-pyrrole nitrogens is 1. The molecule has 0 saturated carbocycles. The molecule has 1 unspecified atom stereocenters. The summed E-state index contributed by atoms with van der Waals surface area (Å²) in [7, 11) is 0. The van der Waals surface area contributed by atoms with Crippen LogP contribution >= 0.6 is 0 Å². The number of hydrogen-bond donors (Lipinski definition) is 2. The van der Waals surface area contributed by atoms with E-state index in [9.17, 15) is 0 Å². The number of nitrogens with zero attached hydrogens (tertiary/aromatic N) is 2. The van der Waals surface area contributed by atoms with Gasteiger partial charge in [0.25, 0.3) is 5.82 Å². The number of aromatic nitrogens is 2. The molecule has 0 spiro atoms. The molecule has 1 aromatic rings. The van der Waals surface area contributed by atoms with E-state index in [0.29, 0.717) is 0 Å². The third kappa shape index (κ3) is 1.08. The monoisotopic (exact) mass is 149 g/mol. The molecule has 11 heavy (non-hydrogen) atoms. The second-order valence-electron chi connectivity index (χ2n) is 2.40. The summed E-state index contributed by atoms with van der Waals surface area (Å²) in [6, 6.07) is 0. The maximum absolute atomic E-state index is 4.13. The molecule has 1 atom stereocenters. The van der Waals surface area contributed by atoms with E-state index in [-0.39, 0.29) is 0 Å². The molecule has 0 aliphatic carbocycles. The lowest BCUT2D eigenvalue weighted by molar-refractivity contribution is -0.781. The van der Waals surface area contributed by atoms with Crippen LogP contribution in [0.4, 0.5) is 5.82 Å². The molecule has 0 saturated heterocycles. The van der Waals surface area contributed by atoms with Crippen LogP contribution in [0.25, 0.3) is 0 Å². The van der Waals surface area contributed by atoms with Crippen molar-refractivity contribution in [1.29, 1.82) is 0 Å². The minimum absolute atomic E-state index is 0.919. The second-order valence-corrected chi connectivity index (χ2v) is 2.40. The van der Waals surface area contributed by atoms with Gasteiger partial charge in [0.15, 0.2) is 0 Å². The van der Waals surface area contributed by atoms with Crippen LogP contribution in [-0.2, 0) is 0 Å². The Morgan fingerprint density at radius 3 is 3.00 bits per heavy atom. The Labute approximate surface area is 64.2 Å². The average molecular weight is 149 g/mol. The number of allylic oxidation sites excluding steroid dienone is 1. The SMILES string of the molecule is Cc1ncc([NH+]2C=CC=N2)[nH]1. The van der Waals surface area contributed by atoms with Gasteiger partial charge in [0.1, 0.15) is 18.2 Å². The standard InChI is InChI=1S/C7H8N4/c1-6-8-5-7(10-6)11-4-2-3-9-11/h2-5H,1H3,(H,8,10)/p+1. The molecule has 0 bridgehead atoms. The van der Waals surface area contributed by atoms with Crippen LogP contribution < -0.4 is 5.01 Å². The predicted molar refractivity (Wildman–Crippen MR) is 41.6 cm³/mol. The number of aryl methyl sites for hydroxylation is 1. The normalized spacial score (nSPS) is 21.4. The van der Waals surface area contributed by atoms with E-state index in [4.69, 9.17) is 0 Å². The molecule has 0 radical (unpaired) electrons. The smallest absolute Gasteiger partial charge is 0.255 e. The topological polar surface area (TPSA) is 45.5 Å². The van der Waals surface area contributed by atoms with E-state index in [2.05, 4.69) is 15.1 Å². The Morgan fingerprint density at radius 1 is 1.55 bits per heavy atom. The summed E-state index contributed by atoms with van der Waals surface area (Å²) in [5.74, 6) is 1.90. The lowest BCUT2D eigenvalue weighted by Crippen LogP contribution is -2.96. The van der Waals surface area contributed by atoms with Crippen LogP contribution in [-0.4, -0.2) is 16.2 Å². The van der Waals surface area contributed by atoms with Crippen molar-refractivity contribution in [2.75, 3.05) is 0 Å². The average Bonchev–Trinajstić information content (AvgIpc) is 2.55. The lowest BCUT2D eigenvalue weighted by atomic mass is 10.6. The van der Waals surface area contributed by atoms with Gasteiger partial charge in [-0.25, -0.2) is 4.98 Å². The van der Waals surface area contributed by atoms with Gasteiger partial charge in [-0.2, -0.15) is 0 Å². The highest BCUT2D eigenvalue weighted by atomic mass is 15.5. The number of hydrogen-bond acceptors (Lipinski definition) is 2. The van der Waals surface area contributed by atoms with Gasteiger partial charge in [0.2, 0.25) is 0 Å². The number of aromatic amines is 1. The van der Waals surface area contributed by atoms with Crippen molar-refractivity contribution in [1.82, 2.24) is 9.97 Å². The summed E-state index contributed by atoms with van der Waals surface area (Å²) in [6.07, 6.45) is 7.42. The summed E-state index contributed by atoms with van der Waals surface area (Å²) in [6.45, 7) is 1.92. The van der Waals surface area contributed by atoms with E-state index in [0.717, 1.165) is 16.7 Å². The third-order valence-electron chi connectivity index (χ3n) is 1.53. The van der Waals surface area contributed by atoms with Crippen molar-refractivity contribution in [3.05, 3.63) is 24.3 Å². The molecular formula is C7H9N4+. The molecule has 2 rings (SSSR count). The quantitative estimate of drug-likeness (QED) is 0.568. The van der Waals surface area contributed by atoms with E-state index in [1.165, 1.54) is 0 Å². The highest BCUT2D eigenvalue weighted by Gasteiger charge is 2.11. The van der Waals surface area contributed by atoms with Gasteiger partial charge >= 0.3 is 0 Å². The van der Waals surface area contributed by atoms with Crippen LogP contribution in [0.3, 0.4) is 0 Å². The minimum Gasteiger partial charge on any atom is -0.296 e. The van der Waals surface area contributed by atoms with Crippen molar-refractivity contribution < 1.29 is 5.01 Å². The molecule has 1 aromatic heterocycles. The Kier molecular flexibility index (Phi) is 1.33. The van der Waals surface area contributed by atoms with E-state index < -0.39 is 0 Å². The zero-order chi connectivity index (χ0) is 7.68. The molecule has 1 aliphatic heterocycles. The van der Waals surface area contributed by atoms with Crippen molar-refractivity contribution in [3.8, 4) is 0 Å². The predicted octanol–water partition coefficient (Wildman–Crippen LogP) is -0.252. The molecule has 1 aliphatic rings. The van der Waals surface area contributed by atoms with Gasteiger partial charge in [-0.3, -0.25) is 4.98 Å². The first-order valence-corrected chi connectivity index (χ1v) is 3.46. The van der Waals surface area contributed by atoms with Gasteiger partial charge in [-0.1, -0.05) is 5.10 Å². The maximum atomic E-state index is 4.13. The van der Waals surface area contributed by atoms with E-state index >= 15 is 0 Å². The first kappa shape index (κ1) is 6.30. The fraction of sp³-hybridized carbons (Fsp3) is 0.143. The Bertz CT molecular complexity index is 298. The van der Waals surface area contributed by atoms with Crippen LogP contribution in [0.2, 0.25) is 0 Å². The lowest BCUT2D eigenvalue weighted by Gasteiger charge is -1.97. The Balaban J connectivity index is 2.29. The molecule has 2 heterocycles. The van der Waals surface area contributed by atoms with Crippen molar-refractivity contribution in [3.63, 3.8) is 0 Å². The summed E-state index contributed by atoms with van der Waals surface area (Å²) in [5, 5.41) is 5.08. The van der Waals surface area contributed by atoms with E-state index in [1.54, 1.807) is 12.4 Å². The van der Waals surface area contributed by atoms with Gasteiger partial charge in [-0.05, 0) is 6.92 Å². The van der Waals surface area contributed by atoms with Crippen LogP contribution in [0.1, 0.15) is 5.82 Å². The molecular weight excluding hydrogens is 140 g/mol. The second kappa shape index (κ2) is 2.32. The van der Waals surface area contributed by atoms with Crippen LogP contribution in [0, 0.1) is 6.92 Å². The largest absolute Gasteiger partial charge is 0.296 e. The zero-order valence-electron chi connectivity index (χ0n) is 6.20. The van der Waals surface area contributed by atoms with Crippen molar-refractivity contribution in [2.45, 2.75) is 6.92 Å². The fourth-order valence-corrected chi connectivity index (χ4v) is 1.01. The van der Waals surface area contributed by atoms with Crippen molar-refractivity contribution >= 4 is 12.0 Å². The highest BCUT2D eigenvalue weighted by molar-refractivity contribution is 5.71. The Morgan fingerprint density at radius 2 is 2.45 bits per heavy atom. The summed E-state index contributed by atoms with van der Waals surface area (Å²) < 4.78 is 0. The summed E-state index contributed by atoms with van der Waals surface area (Å²) in [5.41, 5.74) is 0. The molecule has 0 amide bonds. The summed E-state index contributed by atoms with van der Waals surface area (Å²) in [4.78, 5) is 7.18. The minimum atomic E-state index is 0.919. The number of rotatable bonds is 1. The molecule has 0 aromatic carbocycles. The van der Waals surface area contributed by atoms with Crippen LogP contribution in [0.5, 0.6) is 0 Å². The molecule has 4 nitrogen and oxygen atoms in total. The van der Waals surface area contributed by atoms with Gasteiger partial charge in [0.05, 0.1) is 6.21 Å². The van der Waals surface area contributed by atoms with Gasteiger partial charge in [0, 0.05) is 6.08 Å². The molecule has 56 valence electrons. The fourth-order valence-electron chi connectivity index (χ4n) is 1.01.